The first-order chi connectivity index (χ1) is 23.8. The molecular formula is C34H37F5N6O5S. The summed E-state index contributed by atoms with van der Waals surface area (Å²) in [5, 5.41) is 3.53. The third-order valence-electron chi connectivity index (χ3n) is 7.89. The van der Waals surface area contributed by atoms with Crippen molar-refractivity contribution >= 4 is 32.8 Å². The lowest BCUT2D eigenvalue weighted by Gasteiger charge is -2.36. The number of carbonyl (C=O) groups is 1. The van der Waals surface area contributed by atoms with Crippen LogP contribution >= 0.6 is 0 Å². The molecule has 0 aliphatic carbocycles. The average Bonchev–Trinajstić information content (AvgIpc) is 3.02. The summed E-state index contributed by atoms with van der Waals surface area (Å²) in [5.41, 5.74) is 0.301. The molecule has 1 N–H and O–H groups in total. The number of halogens is 5. The summed E-state index contributed by atoms with van der Waals surface area (Å²) in [6, 6.07) is 9.89. The van der Waals surface area contributed by atoms with E-state index in [9.17, 15) is 30.8 Å². The maximum atomic E-state index is 15.1. The molecule has 2 aromatic heterocycles. The maximum Gasteiger partial charge on any atom is 0.410 e. The maximum absolute atomic E-state index is 15.1. The molecule has 3 heterocycles. The molecule has 1 amide bonds. The van der Waals surface area contributed by atoms with Crippen LogP contribution in [-0.2, 0) is 20.5 Å². The highest BCUT2D eigenvalue weighted by atomic mass is 32.2. The second-order valence-electron chi connectivity index (χ2n) is 13.2. The van der Waals surface area contributed by atoms with Crippen molar-refractivity contribution in [3.05, 3.63) is 71.8 Å². The number of amides is 1. The number of hydrogen-bond acceptors (Lipinski definition) is 9. The van der Waals surface area contributed by atoms with Crippen LogP contribution in [-0.4, -0.2) is 89.3 Å². The van der Waals surface area contributed by atoms with Gasteiger partial charge in [0.1, 0.15) is 29.9 Å². The average molecular weight is 737 g/mol. The molecule has 1 saturated heterocycles. The summed E-state index contributed by atoms with van der Waals surface area (Å²) in [6.45, 7) is 5.23. The Morgan fingerprint density at radius 1 is 1.04 bits per heavy atom. The first-order valence-corrected chi connectivity index (χ1v) is 17.5. The number of anilines is 1. The molecule has 1 fully saturated rings. The van der Waals surface area contributed by atoms with Crippen molar-refractivity contribution in [2.75, 3.05) is 32.0 Å². The molecule has 0 saturated carbocycles. The van der Waals surface area contributed by atoms with Crippen molar-refractivity contribution in [3.8, 4) is 22.9 Å². The van der Waals surface area contributed by atoms with Gasteiger partial charge in [-0.05, 0) is 69.0 Å². The van der Waals surface area contributed by atoms with Crippen molar-refractivity contribution in [2.45, 2.75) is 63.9 Å². The molecule has 51 heavy (non-hydrogen) atoms. The third-order valence-corrected chi connectivity index (χ3v) is 9.62. The Hall–Kier alpha value is -4.64. The Bertz CT molecular complexity index is 2030. The van der Waals surface area contributed by atoms with Crippen LogP contribution in [0.3, 0.4) is 0 Å². The summed E-state index contributed by atoms with van der Waals surface area (Å²) in [4.78, 5) is 27.2. The van der Waals surface area contributed by atoms with Gasteiger partial charge in [0, 0.05) is 49.4 Å². The van der Waals surface area contributed by atoms with E-state index in [-0.39, 0.29) is 52.3 Å². The Labute approximate surface area is 291 Å². The van der Waals surface area contributed by atoms with Crippen molar-refractivity contribution in [2.24, 2.45) is 0 Å². The first kappa shape index (κ1) is 37.6. The van der Waals surface area contributed by atoms with E-state index in [4.69, 9.17) is 9.47 Å². The van der Waals surface area contributed by atoms with Crippen LogP contribution in [0, 0.1) is 12.7 Å². The second-order valence-corrected chi connectivity index (χ2v) is 15.3. The number of carbonyl (C=O) groups excluding carboxylic acids is 1. The van der Waals surface area contributed by atoms with Crippen molar-refractivity contribution < 1.29 is 44.6 Å². The predicted octanol–water partition coefficient (Wildman–Crippen LogP) is 7.01. The van der Waals surface area contributed by atoms with Gasteiger partial charge in [0.05, 0.1) is 23.6 Å². The van der Waals surface area contributed by atoms with E-state index in [1.165, 1.54) is 29.4 Å². The minimum atomic E-state index is -4.78. The molecular weight excluding hydrogens is 699 g/mol. The molecule has 17 heteroatoms. The lowest BCUT2D eigenvalue weighted by atomic mass is 10.0. The molecule has 0 spiro atoms. The molecule has 274 valence electrons. The number of likely N-dealkylation sites (tertiary alicyclic amines) is 1. The lowest BCUT2D eigenvalue weighted by molar-refractivity contribution is -0.134. The fourth-order valence-corrected chi connectivity index (χ4v) is 6.81. The largest absolute Gasteiger partial charge is 0.444 e. The van der Waals surface area contributed by atoms with Crippen LogP contribution in [0.5, 0.6) is 11.6 Å². The number of alkyl halides is 4. The number of nitrogens with one attached hydrogen (secondary N) is 1. The number of nitrogens with zero attached hydrogens (tertiary/aromatic N) is 5. The van der Waals surface area contributed by atoms with E-state index in [1.807, 2.05) is 0 Å². The standard InChI is InChI=1S/C34H37F5N6O5S/c1-20-8-9-23-24(10-11-27(36)26(23)18-51(47,48)44(5)19-34(37,38)39)29(20)49-30-25(7-6-13-40-30)28-12-14-41-31(43-28)42-22-15-21(35)16-45(17-22)32(46)50-33(2,3)4/h6-14,21-22H,15-19H2,1-5H3,(H,41,42,43)/t21-,22-/m0/s1. The van der Waals surface area contributed by atoms with Gasteiger partial charge in [-0.2, -0.15) is 17.5 Å². The zero-order chi connectivity index (χ0) is 37.3. The van der Waals surface area contributed by atoms with E-state index in [1.54, 1.807) is 52.0 Å². The molecule has 0 unspecified atom stereocenters. The third kappa shape index (κ3) is 9.38. The van der Waals surface area contributed by atoms with Gasteiger partial charge in [0.15, 0.2) is 0 Å². The first-order valence-electron chi connectivity index (χ1n) is 15.9. The van der Waals surface area contributed by atoms with E-state index >= 15 is 4.39 Å². The van der Waals surface area contributed by atoms with E-state index in [0.717, 1.165) is 13.1 Å². The Balaban J connectivity index is 1.42. The number of pyridine rings is 1. The van der Waals surface area contributed by atoms with Crippen molar-refractivity contribution in [1.29, 1.82) is 0 Å². The predicted molar refractivity (Wildman–Crippen MR) is 180 cm³/mol. The summed E-state index contributed by atoms with van der Waals surface area (Å²) < 4.78 is 106. The topological polar surface area (TPSA) is 127 Å². The van der Waals surface area contributed by atoms with E-state index in [2.05, 4.69) is 20.3 Å². The van der Waals surface area contributed by atoms with E-state index < -0.39 is 58.2 Å². The van der Waals surface area contributed by atoms with Gasteiger partial charge in [-0.3, -0.25) is 0 Å². The summed E-state index contributed by atoms with van der Waals surface area (Å²) in [5.74, 6) is -1.48. The van der Waals surface area contributed by atoms with Gasteiger partial charge in [-0.25, -0.2) is 36.9 Å². The molecule has 11 nitrogen and oxygen atoms in total. The van der Waals surface area contributed by atoms with Crippen LogP contribution in [0.15, 0.2) is 54.9 Å². The fourth-order valence-electron chi connectivity index (χ4n) is 5.59. The monoisotopic (exact) mass is 736 g/mol. The van der Waals surface area contributed by atoms with Crippen LogP contribution in [0.4, 0.5) is 32.7 Å². The molecule has 4 aromatic rings. The zero-order valence-electron chi connectivity index (χ0n) is 28.5. The van der Waals surface area contributed by atoms with Crippen LogP contribution < -0.4 is 10.1 Å². The number of rotatable bonds is 9. The Morgan fingerprint density at radius 2 is 1.76 bits per heavy atom. The minimum absolute atomic E-state index is 0.0822. The van der Waals surface area contributed by atoms with Crippen LogP contribution in [0.2, 0.25) is 0 Å². The summed E-state index contributed by atoms with van der Waals surface area (Å²) in [6.07, 6.45) is -3.65. The number of benzene rings is 2. The number of fused-ring (bicyclic) bond motifs is 1. The normalized spacial score (nSPS) is 17.1. The van der Waals surface area contributed by atoms with E-state index in [0.29, 0.717) is 22.2 Å². The van der Waals surface area contributed by atoms with Crippen LogP contribution in [0.1, 0.15) is 38.3 Å². The van der Waals surface area contributed by atoms with Crippen molar-refractivity contribution in [3.63, 3.8) is 0 Å². The highest BCUT2D eigenvalue weighted by molar-refractivity contribution is 7.88. The van der Waals surface area contributed by atoms with Gasteiger partial charge >= 0.3 is 12.3 Å². The second kappa shape index (κ2) is 14.5. The Kier molecular flexibility index (Phi) is 10.7. The number of sulfonamides is 1. The number of aromatic nitrogens is 3. The van der Waals surface area contributed by atoms with Gasteiger partial charge in [-0.1, -0.05) is 12.1 Å². The molecule has 5 rings (SSSR count). The molecule has 0 radical (unpaired) electrons. The number of hydrogen-bond donors (Lipinski definition) is 1. The molecule has 2 aromatic carbocycles. The van der Waals surface area contributed by atoms with Gasteiger partial charge in [0.25, 0.3) is 0 Å². The fraction of sp³-hybridized carbons (Fsp3) is 0.412. The smallest absolute Gasteiger partial charge is 0.410 e. The zero-order valence-corrected chi connectivity index (χ0v) is 29.3. The SMILES string of the molecule is Cc1ccc2c(CS(=O)(=O)N(C)CC(F)(F)F)c(F)ccc2c1Oc1ncccc1-c1ccnc(N[C@H]2C[C@H](F)CN(C(=O)OC(C)(C)C)C2)n1. The highest BCUT2D eigenvalue weighted by Gasteiger charge is 2.35. The highest BCUT2D eigenvalue weighted by Crippen LogP contribution is 2.39. The molecule has 2 atom stereocenters. The molecule has 1 aliphatic rings. The number of aryl methyl sites for hydroxylation is 1. The van der Waals surface area contributed by atoms with Crippen molar-refractivity contribution in [1.82, 2.24) is 24.2 Å². The summed E-state index contributed by atoms with van der Waals surface area (Å²) in [7, 11) is -3.78. The van der Waals surface area contributed by atoms with Gasteiger partial charge in [-0.15, -0.1) is 0 Å². The quantitative estimate of drug-likeness (QED) is 0.181. The van der Waals surface area contributed by atoms with Crippen LogP contribution in [0.25, 0.3) is 22.0 Å². The summed E-state index contributed by atoms with van der Waals surface area (Å²) >= 11 is 0. The lowest BCUT2D eigenvalue weighted by Crippen LogP contribution is -2.51. The Morgan fingerprint density at radius 3 is 2.47 bits per heavy atom. The van der Waals surface area contributed by atoms with Gasteiger partial charge < -0.3 is 19.7 Å². The minimum Gasteiger partial charge on any atom is -0.444 e. The number of piperidine rings is 1. The van der Waals surface area contributed by atoms with Gasteiger partial charge in [0.2, 0.25) is 21.9 Å². The molecule has 0 bridgehead atoms. The molecule has 1 aliphatic heterocycles. The number of ether oxygens (including phenoxy) is 2.